The molecule has 8 heteroatoms. The van der Waals surface area contributed by atoms with Gasteiger partial charge in [0.2, 0.25) is 5.91 Å². The van der Waals surface area contributed by atoms with Crippen molar-refractivity contribution in [2.45, 2.75) is 43.6 Å². The second-order valence-corrected chi connectivity index (χ2v) is 11.8. The maximum atomic E-state index is 13.5. The van der Waals surface area contributed by atoms with Crippen molar-refractivity contribution in [3.63, 3.8) is 0 Å². The van der Waals surface area contributed by atoms with Gasteiger partial charge in [-0.05, 0) is 98.8 Å². The number of hydrogen-bond donors (Lipinski definition) is 3. The number of Topliss-reactive ketones (excluding diaryl/α,β-unsaturated/α-hetero) is 1. The zero-order valence-corrected chi connectivity index (χ0v) is 24.4. The van der Waals surface area contributed by atoms with Crippen LogP contribution in [0.5, 0.6) is 5.75 Å². The molecular formula is C33H33Cl2N3O3. The van der Waals surface area contributed by atoms with Crippen LogP contribution in [0.1, 0.15) is 47.9 Å². The maximum absolute atomic E-state index is 13.5. The van der Waals surface area contributed by atoms with Crippen molar-refractivity contribution in [3.05, 3.63) is 93.0 Å². The van der Waals surface area contributed by atoms with Gasteiger partial charge in [0, 0.05) is 33.3 Å². The molecule has 41 heavy (non-hydrogen) atoms. The van der Waals surface area contributed by atoms with Crippen molar-refractivity contribution in [1.29, 1.82) is 0 Å². The Kier molecular flexibility index (Phi) is 8.45. The second kappa shape index (κ2) is 11.9. The van der Waals surface area contributed by atoms with E-state index in [1.807, 2.05) is 31.2 Å². The molecule has 2 atom stereocenters. The highest BCUT2D eigenvalue weighted by Gasteiger charge is 2.67. The van der Waals surface area contributed by atoms with Gasteiger partial charge in [0.15, 0.2) is 5.78 Å². The fourth-order valence-corrected chi connectivity index (χ4v) is 6.63. The van der Waals surface area contributed by atoms with Crippen LogP contribution in [0.3, 0.4) is 0 Å². The number of anilines is 1. The van der Waals surface area contributed by atoms with Gasteiger partial charge in [0.25, 0.3) is 0 Å². The van der Waals surface area contributed by atoms with E-state index in [2.05, 4.69) is 16.6 Å². The summed E-state index contributed by atoms with van der Waals surface area (Å²) in [6, 6.07) is 18.2. The first-order valence-electron chi connectivity index (χ1n) is 13.8. The van der Waals surface area contributed by atoms with Gasteiger partial charge in [0.1, 0.15) is 16.7 Å². The molecule has 0 radical (unpaired) electrons. The van der Waals surface area contributed by atoms with E-state index in [1.54, 1.807) is 36.4 Å². The predicted molar refractivity (Wildman–Crippen MR) is 164 cm³/mol. The minimum Gasteiger partial charge on any atom is -0.493 e. The molecule has 2 fully saturated rings. The van der Waals surface area contributed by atoms with E-state index in [1.165, 1.54) is 5.56 Å². The maximum Gasteiger partial charge on any atom is 0.237 e. The number of nitrogens with one attached hydrogen (secondary N) is 2. The van der Waals surface area contributed by atoms with Crippen molar-refractivity contribution in [2.75, 3.05) is 25.0 Å². The van der Waals surface area contributed by atoms with Crippen molar-refractivity contribution in [3.8, 4) is 18.1 Å². The lowest BCUT2D eigenvalue weighted by molar-refractivity contribution is -0.129. The number of halogens is 2. The zero-order valence-electron chi connectivity index (χ0n) is 22.9. The van der Waals surface area contributed by atoms with E-state index in [4.69, 9.17) is 40.1 Å². The highest BCUT2D eigenvalue weighted by molar-refractivity contribution is 6.31. The summed E-state index contributed by atoms with van der Waals surface area (Å²) in [6.45, 7) is 4.45. The number of amides is 1. The molecule has 1 aliphatic carbocycles. The first-order valence-corrected chi connectivity index (χ1v) is 14.5. The normalized spacial score (nSPS) is 23.4. The third-order valence-corrected chi connectivity index (χ3v) is 8.87. The number of ether oxygens (including phenoxy) is 1. The minimum atomic E-state index is -1.62. The SMILES string of the molecule is C#Cc1ccc(OCC2CCNCC2)c([C@@]2(N)C(=O)CC[C@]23C(=O)Nc2cc(Cl)ccc23)c1.Cc1cccc(Cl)c1. The number of fused-ring (bicyclic) bond motifs is 2. The van der Waals surface area contributed by atoms with Crippen LogP contribution in [0.15, 0.2) is 60.7 Å². The van der Waals surface area contributed by atoms with Crippen molar-refractivity contribution < 1.29 is 14.3 Å². The Morgan fingerprint density at radius 3 is 2.46 bits per heavy atom. The summed E-state index contributed by atoms with van der Waals surface area (Å²) in [4.78, 5) is 27.0. The monoisotopic (exact) mass is 589 g/mol. The number of carbonyl (C=O) groups excluding carboxylic acids is 2. The van der Waals surface area contributed by atoms with Crippen LogP contribution in [-0.2, 0) is 20.5 Å². The van der Waals surface area contributed by atoms with Crippen LogP contribution in [0.25, 0.3) is 0 Å². The van der Waals surface area contributed by atoms with Crippen molar-refractivity contribution in [2.24, 2.45) is 11.7 Å². The first-order chi connectivity index (χ1) is 19.7. The van der Waals surface area contributed by atoms with Gasteiger partial charge in [-0.25, -0.2) is 0 Å². The first kappa shape index (κ1) is 29.2. The topological polar surface area (TPSA) is 93.4 Å². The lowest BCUT2D eigenvalue weighted by atomic mass is 9.64. The number of nitrogens with two attached hydrogens (primary N) is 1. The number of carbonyl (C=O) groups is 2. The van der Waals surface area contributed by atoms with Crippen LogP contribution in [0.4, 0.5) is 5.69 Å². The molecule has 1 saturated carbocycles. The highest BCUT2D eigenvalue weighted by Crippen LogP contribution is 2.57. The Labute approximate surface area is 250 Å². The summed E-state index contributed by atoms with van der Waals surface area (Å²) < 4.78 is 6.27. The Hall–Kier alpha value is -3.34. The quantitative estimate of drug-likeness (QED) is 0.337. The van der Waals surface area contributed by atoms with Gasteiger partial charge in [-0.3, -0.25) is 9.59 Å². The molecule has 1 amide bonds. The summed E-state index contributed by atoms with van der Waals surface area (Å²) in [5.74, 6) is 3.02. The van der Waals surface area contributed by atoms with Crippen LogP contribution in [0.2, 0.25) is 10.0 Å². The fraction of sp³-hybridized carbons (Fsp3) is 0.333. The molecule has 6 nitrogen and oxygen atoms in total. The van der Waals surface area contributed by atoms with Gasteiger partial charge < -0.3 is 21.1 Å². The highest BCUT2D eigenvalue weighted by atomic mass is 35.5. The molecule has 4 N–H and O–H groups in total. The third-order valence-electron chi connectivity index (χ3n) is 8.40. The molecule has 0 aromatic heterocycles. The zero-order chi connectivity index (χ0) is 29.2. The summed E-state index contributed by atoms with van der Waals surface area (Å²) in [5.41, 5.74) is 7.68. The van der Waals surface area contributed by atoms with Gasteiger partial charge in [-0.15, -0.1) is 6.42 Å². The summed E-state index contributed by atoms with van der Waals surface area (Å²) >= 11 is 11.8. The fourth-order valence-electron chi connectivity index (χ4n) is 6.21. The predicted octanol–water partition coefficient (Wildman–Crippen LogP) is 5.76. The molecule has 0 unspecified atom stereocenters. The molecule has 3 aliphatic rings. The standard InChI is InChI=1S/C26H26ClN3O3.C7H7Cl/c1-2-16-3-6-22(33-15-17-8-11-29-12-9-17)20(13-16)26(28)23(31)7-10-25(26)19-5-4-18(27)14-21(19)30-24(25)32;1-6-3-2-4-7(8)5-6/h1,3-6,13-14,17,29H,7-12,15,28H2,(H,30,32);2-5H,1H3/t25-,26+;/m0./s1. The molecular weight excluding hydrogens is 557 g/mol. The molecule has 0 bridgehead atoms. The summed E-state index contributed by atoms with van der Waals surface area (Å²) in [5, 5.41) is 7.56. The second-order valence-electron chi connectivity index (χ2n) is 10.9. The number of aryl methyl sites for hydroxylation is 1. The van der Waals surface area contributed by atoms with Gasteiger partial charge >= 0.3 is 0 Å². The Morgan fingerprint density at radius 2 is 1.78 bits per heavy atom. The number of piperidine rings is 1. The van der Waals surface area contributed by atoms with E-state index in [9.17, 15) is 9.59 Å². The number of rotatable bonds is 4. The van der Waals surface area contributed by atoms with E-state index in [0.29, 0.717) is 52.1 Å². The van der Waals surface area contributed by atoms with Crippen molar-refractivity contribution in [1.82, 2.24) is 5.32 Å². The van der Waals surface area contributed by atoms with E-state index in [-0.39, 0.29) is 18.1 Å². The molecule has 3 aromatic carbocycles. The number of terminal acetylenes is 1. The Balaban J connectivity index is 0.000000365. The average Bonchev–Trinajstić information content (AvgIpc) is 3.41. The largest absolute Gasteiger partial charge is 0.493 e. The third kappa shape index (κ3) is 5.36. The van der Waals surface area contributed by atoms with Gasteiger partial charge in [-0.2, -0.15) is 0 Å². The number of ketones is 1. The molecule has 2 aliphatic heterocycles. The number of benzene rings is 3. The molecule has 1 spiro atoms. The molecule has 6 rings (SSSR count). The Bertz CT molecular complexity index is 1510. The van der Waals surface area contributed by atoms with Gasteiger partial charge in [0.05, 0.1) is 6.61 Å². The lowest BCUT2D eigenvalue weighted by Crippen LogP contribution is -2.59. The molecule has 2 heterocycles. The van der Waals surface area contributed by atoms with Crippen LogP contribution in [0, 0.1) is 25.2 Å². The molecule has 212 valence electrons. The molecule has 1 saturated heterocycles. The van der Waals surface area contributed by atoms with Crippen molar-refractivity contribution >= 4 is 40.6 Å². The van der Waals surface area contributed by atoms with Crippen LogP contribution in [-0.4, -0.2) is 31.4 Å². The van der Waals surface area contributed by atoms with Crippen LogP contribution >= 0.6 is 23.2 Å². The van der Waals surface area contributed by atoms with Gasteiger partial charge in [-0.1, -0.05) is 47.3 Å². The van der Waals surface area contributed by atoms with Crippen LogP contribution < -0.4 is 21.1 Å². The minimum absolute atomic E-state index is 0.181. The summed E-state index contributed by atoms with van der Waals surface area (Å²) in [7, 11) is 0. The van der Waals surface area contributed by atoms with E-state index < -0.39 is 11.0 Å². The molecule has 3 aromatic rings. The van der Waals surface area contributed by atoms with E-state index in [0.717, 1.165) is 31.0 Å². The summed E-state index contributed by atoms with van der Waals surface area (Å²) in [6.07, 6.45) is 8.20. The average molecular weight is 591 g/mol. The van der Waals surface area contributed by atoms with E-state index >= 15 is 0 Å². The lowest BCUT2D eigenvalue weighted by Gasteiger charge is -2.39. The smallest absolute Gasteiger partial charge is 0.237 e. The Morgan fingerprint density at radius 1 is 1.02 bits per heavy atom. The number of hydrogen-bond acceptors (Lipinski definition) is 5.